The summed E-state index contributed by atoms with van der Waals surface area (Å²) in [6.45, 7) is 5.02. The van der Waals surface area contributed by atoms with Gasteiger partial charge in [-0.05, 0) is 12.8 Å². The number of esters is 2. The van der Waals surface area contributed by atoms with Crippen molar-refractivity contribution in [3.8, 4) is 0 Å². The van der Waals surface area contributed by atoms with Crippen molar-refractivity contribution in [2.45, 2.75) is 33.5 Å². The van der Waals surface area contributed by atoms with E-state index in [1.807, 2.05) is 13.8 Å². The summed E-state index contributed by atoms with van der Waals surface area (Å²) in [7, 11) is 0. The average molecular weight is 248 g/mol. The summed E-state index contributed by atoms with van der Waals surface area (Å²) in [6, 6.07) is 0. The highest BCUT2D eigenvalue weighted by molar-refractivity contribution is 5.94. The molecule has 0 aliphatic rings. The van der Waals surface area contributed by atoms with Crippen LogP contribution in [0, 0.1) is 11.8 Å². The van der Waals surface area contributed by atoms with E-state index in [0.717, 1.165) is 0 Å². The first-order valence-corrected chi connectivity index (χ1v) is 5.54. The van der Waals surface area contributed by atoms with Gasteiger partial charge in [0.2, 0.25) is 6.29 Å². The highest BCUT2D eigenvalue weighted by atomic mass is 16.6. The Morgan fingerprint density at radius 2 is 1.76 bits per heavy atom. The zero-order valence-corrected chi connectivity index (χ0v) is 10.4. The SMILES string of the molecule is CC(C)COC(=O)C(C)C(=O)OC(O)CCO. The largest absolute Gasteiger partial charge is 0.465 e. The maximum Gasteiger partial charge on any atom is 0.322 e. The molecule has 0 aromatic rings. The third-order valence-corrected chi connectivity index (χ3v) is 1.89. The van der Waals surface area contributed by atoms with E-state index >= 15 is 0 Å². The molecule has 100 valence electrons. The minimum Gasteiger partial charge on any atom is -0.465 e. The van der Waals surface area contributed by atoms with E-state index in [1.165, 1.54) is 6.92 Å². The monoisotopic (exact) mass is 248 g/mol. The molecule has 0 saturated heterocycles. The normalized spacial score (nSPS) is 14.2. The third-order valence-electron chi connectivity index (χ3n) is 1.89. The number of aliphatic hydroxyl groups is 2. The molecule has 0 aromatic carbocycles. The third kappa shape index (κ3) is 6.91. The van der Waals surface area contributed by atoms with Crippen molar-refractivity contribution in [2.75, 3.05) is 13.2 Å². The van der Waals surface area contributed by atoms with Crippen molar-refractivity contribution < 1.29 is 29.3 Å². The zero-order chi connectivity index (χ0) is 13.4. The van der Waals surface area contributed by atoms with E-state index < -0.39 is 24.1 Å². The molecule has 0 aliphatic heterocycles. The summed E-state index contributed by atoms with van der Waals surface area (Å²) in [5.41, 5.74) is 0. The lowest BCUT2D eigenvalue weighted by Crippen LogP contribution is -2.30. The number of rotatable bonds is 7. The molecule has 2 N–H and O–H groups in total. The molecule has 0 radical (unpaired) electrons. The second-order valence-corrected chi connectivity index (χ2v) is 4.15. The molecular formula is C11H20O6. The first-order valence-electron chi connectivity index (χ1n) is 5.54. The highest BCUT2D eigenvalue weighted by Crippen LogP contribution is 2.06. The molecule has 0 heterocycles. The highest BCUT2D eigenvalue weighted by Gasteiger charge is 2.26. The summed E-state index contributed by atoms with van der Waals surface area (Å²) in [4.78, 5) is 22.7. The standard InChI is InChI=1S/C11H20O6/c1-7(2)6-16-10(14)8(3)11(15)17-9(13)4-5-12/h7-9,12-13H,4-6H2,1-3H3. The Kier molecular flexibility index (Phi) is 7.49. The van der Waals surface area contributed by atoms with Crippen LogP contribution in [0.15, 0.2) is 0 Å². The fraction of sp³-hybridized carbons (Fsp3) is 0.818. The number of hydrogen-bond donors (Lipinski definition) is 2. The van der Waals surface area contributed by atoms with E-state index in [2.05, 4.69) is 4.74 Å². The van der Waals surface area contributed by atoms with Gasteiger partial charge in [-0.1, -0.05) is 13.8 Å². The molecule has 0 spiro atoms. The average Bonchev–Trinajstić information content (AvgIpc) is 2.24. The van der Waals surface area contributed by atoms with Gasteiger partial charge in [-0.15, -0.1) is 0 Å². The van der Waals surface area contributed by atoms with Crippen LogP contribution in [-0.4, -0.2) is 41.7 Å². The van der Waals surface area contributed by atoms with Crippen LogP contribution in [0.4, 0.5) is 0 Å². The Morgan fingerprint density at radius 3 is 2.24 bits per heavy atom. The summed E-state index contributed by atoms with van der Waals surface area (Å²) < 4.78 is 9.39. The van der Waals surface area contributed by atoms with Gasteiger partial charge >= 0.3 is 11.9 Å². The molecule has 0 aromatic heterocycles. The van der Waals surface area contributed by atoms with Gasteiger partial charge in [-0.25, -0.2) is 0 Å². The second-order valence-electron chi connectivity index (χ2n) is 4.15. The minimum atomic E-state index is -1.40. The van der Waals surface area contributed by atoms with Gasteiger partial charge in [-0.2, -0.15) is 0 Å². The van der Waals surface area contributed by atoms with Gasteiger partial charge in [0.25, 0.3) is 0 Å². The minimum absolute atomic E-state index is 0.0838. The van der Waals surface area contributed by atoms with Crippen LogP contribution < -0.4 is 0 Å². The predicted octanol–water partition coefficient (Wildman–Crippen LogP) is 0.0657. The molecule has 0 rings (SSSR count). The van der Waals surface area contributed by atoms with Crippen LogP contribution in [0.25, 0.3) is 0 Å². The molecule has 0 aliphatic carbocycles. The molecule has 0 amide bonds. The molecular weight excluding hydrogens is 228 g/mol. The van der Waals surface area contributed by atoms with Crippen LogP contribution in [-0.2, 0) is 19.1 Å². The van der Waals surface area contributed by atoms with Gasteiger partial charge in [0, 0.05) is 13.0 Å². The Morgan fingerprint density at radius 1 is 1.18 bits per heavy atom. The van der Waals surface area contributed by atoms with E-state index in [-0.39, 0.29) is 25.6 Å². The lowest BCUT2D eigenvalue weighted by atomic mass is 10.2. The van der Waals surface area contributed by atoms with Crippen LogP contribution in [0.5, 0.6) is 0 Å². The number of carbonyl (C=O) groups is 2. The maximum absolute atomic E-state index is 11.4. The van der Waals surface area contributed by atoms with Crippen molar-refractivity contribution in [3.63, 3.8) is 0 Å². The number of ether oxygens (including phenoxy) is 2. The molecule has 2 atom stereocenters. The molecule has 0 bridgehead atoms. The van der Waals surface area contributed by atoms with E-state index in [0.29, 0.717) is 0 Å². The summed E-state index contributed by atoms with van der Waals surface area (Å²) in [5.74, 6) is -2.44. The second kappa shape index (κ2) is 8.03. The molecule has 17 heavy (non-hydrogen) atoms. The van der Waals surface area contributed by atoms with Crippen LogP contribution in [0.3, 0.4) is 0 Å². The van der Waals surface area contributed by atoms with Crippen molar-refractivity contribution in [2.24, 2.45) is 11.8 Å². The smallest absolute Gasteiger partial charge is 0.322 e. The van der Waals surface area contributed by atoms with Crippen molar-refractivity contribution in [3.05, 3.63) is 0 Å². The number of aliphatic hydroxyl groups excluding tert-OH is 2. The van der Waals surface area contributed by atoms with E-state index in [9.17, 15) is 9.59 Å². The first-order chi connectivity index (χ1) is 7.88. The lowest BCUT2D eigenvalue weighted by molar-refractivity contribution is -0.179. The van der Waals surface area contributed by atoms with Crippen LogP contribution in [0.2, 0.25) is 0 Å². The summed E-state index contributed by atoms with van der Waals surface area (Å²) >= 11 is 0. The quantitative estimate of drug-likeness (QED) is 0.376. The van der Waals surface area contributed by atoms with Crippen molar-refractivity contribution in [1.29, 1.82) is 0 Å². The summed E-state index contributed by atoms with van der Waals surface area (Å²) in [5, 5.41) is 17.6. The molecule has 0 saturated carbocycles. The van der Waals surface area contributed by atoms with Gasteiger partial charge in [0.05, 0.1) is 6.61 Å². The maximum atomic E-state index is 11.4. The molecule has 0 fully saturated rings. The number of hydrogen-bond acceptors (Lipinski definition) is 6. The van der Waals surface area contributed by atoms with Gasteiger partial charge < -0.3 is 19.7 Å². The fourth-order valence-corrected chi connectivity index (χ4v) is 0.876. The Bertz CT molecular complexity index is 250. The Labute approximate surface area is 101 Å². The topological polar surface area (TPSA) is 93.1 Å². The first kappa shape index (κ1) is 15.9. The predicted molar refractivity (Wildman–Crippen MR) is 58.8 cm³/mol. The fourth-order valence-electron chi connectivity index (χ4n) is 0.876. The van der Waals surface area contributed by atoms with Gasteiger partial charge in [-0.3, -0.25) is 9.59 Å². The zero-order valence-electron chi connectivity index (χ0n) is 10.4. The van der Waals surface area contributed by atoms with Gasteiger partial charge in [0.1, 0.15) is 0 Å². The van der Waals surface area contributed by atoms with E-state index in [1.54, 1.807) is 0 Å². The van der Waals surface area contributed by atoms with Gasteiger partial charge in [0.15, 0.2) is 5.92 Å². The molecule has 2 unspecified atom stereocenters. The van der Waals surface area contributed by atoms with Crippen molar-refractivity contribution >= 4 is 11.9 Å². The molecule has 6 nitrogen and oxygen atoms in total. The Balaban J connectivity index is 4.07. The van der Waals surface area contributed by atoms with Crippen molar-refractivity contribution in [1.82, 2.24) is 0 Å². The van der Waals surface area contributed by atoms with Crippen LogP contribution >= 0.6 is 0 Å². The van der Waals surface area contributed by atoms with Crippen LogP contribution in [0.1, 0.15) is 27.2 Å². The summed E-state index contributed by atoms with van der Waals surface area (Å²) in [6.07, 6.45) is -1.48. The Hall–Kier alpha value is -1.14. The lowest BCUT2D eigenvalue weighted by Gasteiger charge is -2.15. The molecule has 6 heteroatoms. The van der Waals surface area contributed by atoms with E-state index in [4.69, 9.17) is 14.9 Å². The number of carbonyl (C=O) groups excluding carboxylic acids is 2.